The summed E-state index contributed by atoms with van der Waals surface area (Å²) < 4.78 is 9.85. The molecule has 5 unspecified atom stereocenters. The van der Waals surface area contributed by atoms with E-state index in [0.29, 0.717) is 24.2 Å². The Labute approximate surface area is 258 Å². The van der Waals surface area contributed by atoms with E-state index in [1.54, 1.807) is 12.1 Å². The van der Waals surface area contributed by atoms with E-state index in [1.807, 2.05) is 13.0 Å². The third kappa shape index (κ3) is 19.3. The van der Waals surface area contributed by atoms with Gasteiger partial charge in [0.05, 0.1) is 6.42 Å². The Morgan fingerprint density at radius 3 is 1.84 bits per heavy atom. The molecule has 2 rings (SSSR count). The van der Waals surface area contributed by atoms with Crippen LogP contribution in [0.25, 0.3) is 11.0 Å². The minimum atomic E-state index is -1.29. The van der Waals surface area contributed by atoms with E-state index in [1.165, 1.54) is 19.9 Å². The first-order chi connectivity index (χ1) is 20.7. The van der Waals surface area contributed by atoms with Crippen molar-refractivity contribution < 1.29 is 53.6 Å². The SMILES string of the molecule is CC(N)C(=O)O.CC(OC(=O)C(N)CCCCN)C(N)C(=O)O.Cc1cc(=O)oc2cc(N)ccc12.NC(CC(=O)O)C(=O)O. The van der Waals surface area contributed by atoms with Crippen LogP contribution in [-0.4, -0.2) is 87.1 Å². The predicted molar refractivity (Wildman–Crippen MR) is 163 cm³/mol. The number of ether oxygens (including phenoxy) is 1. The number of carboxylic acid groups (broad SMARTS) is 4. The van der Waals surface area contributed by atoms with Gasteiger partial charge in [-0.15, -0.1) is 0 Å². The van der Waals surface area contributed by atoms with Gasteiger partial charge in [-0.2, -0.15) is 0 Å². The summed E-state index contributed by atoms with van der Waals surface area (Å²) in [4.78, 5) is 62.2. The maximum atomic E-state index is 11.4. The number of benzene rings is 1. The van der Waals surface area contributed by atoms with Crippen LogP contribution in [-0.2, 0) is 28.7 Å². The average molecular weight is 645 g/mol. The van der Waals surface area contributed by atoms with Gasteiger partial charge >= 0.3 is 35.5 Å². The zero-order valence-electron chi connectivity index (χ0n) is 25.3. The first kappa shape index (κ1) is 42.5. The Morgan fingerprint density at radius 1 is 0.867 bits per heavy atom. The summed E-state index contributed by atoms with van der Waals surface area (Å²) in [5.74, 6) is -5.31. The van der Waals surface area contributed by atoms with Crippen LogP contribution in [0.1, 0.15) is 45.1 Å². The van der Waals surface area contributed by atoms with Crippen LogP contribution in [0.15, 0.2) is 33.5 Å². The highest BCUT2D eigenvalue weighted by Gasteiger charge is 2.25. The lowest BCUT2D eigenvalue weighted by molar-refractivity contribution is -0.155. The normalized spacial score (nSPS) is 13.4. The molecular formula is C27H44N6O12. The second-order valence-electron chi connectivity index (χ2n) is 9.57. The monoisotopic (exact) mass is 644 g/mol. The second kappa shape index (κ2) is 22.0. The molecule has 0 saturated heterocycles. The average Bonchev–Trinajstić information content (AvgIpc) is 2.92. The fourth-order valence-electron chi connectivity index (χ4n) is 2.79. The first-order valence-electron chi connectivity index (χ1n) is 13.4. The van der Waals surface area contributed by atoms with Gasteiger partial charge in [0.1, 0.15) is 35.9 Å². The number of aliphatic carboxylic acids is 4. The van der Waals surface area contributed by atoms with Gasteiger partial charge in [-0.05, 0) is 57.9 Å². The third-order valence-electron chi connectivity index (χ3n) is 5.44. The van der Waals surface area contributed by atoms with Crippen LogP contribution in [0.4, 0.5) is 5.69 Å². The molecule has 1 aromatic carbocycles. The number of carbonyl (C=O) groups excluding carboxylic acids is 1. The molecule has 254 valence electrons. The van der Waals surface area contributed by atoms with Crippen molar-refractivity contribution >= 4 is 46.5 Å². The molecule has 0 saturated carbocycles. The van der Waals surface area contributed by atoms with Gasteiger partial charge in [0.2, 0.25) is 0 Å². The summed E-state index contributed by atoms with van der Waals surface area (Å²) in [6.07, 6.45) is 0.540. The highest BCUT2D eigenvalue weighted by molar-refractivity contribution is 5.83. The molecule has 45 heavy (non-hydrogen) atoms. The lowest BCUT2D eigenvalue weighted by Gasteiger charge is -2.19. The number of esters is 1. The molecule has 0 radical (unpaired) electrons. The summed E-state index contributed by atoms with van der Waals surface area (Å²) in [5, 5.41) is 33.4. The molecule has 18 heteroatoms. The van der Waals surface area contributed by atoms with Gasteiger partial charge in [-0.3, -0.25) is 24.0 Å². The van der Waals surface area contributed by atoms with Gasteiger partial charge in [0.15, 0.2) is 0 Å². The van der Waals surface area contributed by atoms with E-state index in [9.17, 15) is 28.8 Å². The molecule has 0 fully saturated rings. The Balaban J connectivity index is 0. The van der Waals surface area contributed by atoms with Crippen molar-refractivity contribution in [2.75, 3.05) is 12.3 Å². The number of hydrogen-bond acceptors (Lipinski definition) is 14. The van der Waals surface area contributed by atoms with Crippen LogP contribution in [0.5, 0.6) is 0 Å². The standard InChI is InChI=1S/C10H21N3O4.C10H9NO2.C4H7NO4.C3H7NO2/c1-6(8(13)9(14)15)17-10(16)7(12)4-2-3-5-11;1-6-4-10(12)13-9-5-7(11)2-3-8(6)9;5-2(4(8)9)1-3(6)7;1-2(4)3(5)6/h6-8H,2-5,11-13H2,1H3,(H,14,15);2-5H,11H2,1H3;2H,1,5H2,(H,6,7)(H,8,9);2H,4H2,1H3,(H,5,6). The topological polar surface area (TPSA) is 362 Å². The van der Waals surface area contributed by atoms with Crippen LogP contribution in [0, 0.1) is 6.92 Å². The van der Waals surface area contributed by atoms with E-state index in [0.717, 1.165) is 23.8 Å². The Morgan fingerprint density at radius 2 is 1.42 bits per heavy atom. The number of carboxylic acids is 4. The van der Waals surface area contributed by atoms with Crippen molar-refractivity contribution in [3.05, 3.63) is 40.2 Å². The lowest BCUT2D eigenvalue weighted by atomic mass is 10.1. The number of aryl methyl sites for hydroxylation is 1. The van der Waals surface area contributed by atoms with Gasteiger partial charge < -0.3 is 64.0 Å². The van der Waals surface area contributed by atoms with Gasteiger partial charge in [0, 0.05) is 23.2 Å². The summed E-state index contributed by atoms with van der Waals surface area (Å²) in [7, 11) is 0. The molecule has 16 N–H and O–H groups in total. The van der Waals surface area contributed by atoms with Gasteiger partial charge in [0.25, 0.3) is 0 Å². The summed E-state index contributed by atoms with van der Waals surface area (Å²) in [5.41, 5.74) is 33.1. The number of nitrogen functional groups attached to an aromatic ring is 1. The quantitative estimate of drug-likeness (QED) is 0.0558. The molecule has 0 aliphatic carbocycles. The largest absolute Gasteiger partial charge is 0.481 e. The zero-order chi connectivity index (χ0) is 35.4. The molecule has 0 spiro atoms. The number of hydrogen-bond donors (Lipinski definition) is 10. The fraction of sp³-hybridized carbons (Fsp3) is 0.481. The highest BCUT2D eigenvalue weighted by atomic mass is 16.5. The Hall–Kier alpha value is -4.62. The van der Waals surface area contributed by atoms with Gasteiger partial charge in [-0.1, -0.05) is 6.42 Å². The van der Waals surface area contributed by atoms with Crippen molar-refractivity contribution in [2.24, 2.45) is 28.7 Å². The van der Waals surface area contributed by atoms with E-state index in [4.69, 9.17) is 64.0 Å². The minimum absolute atomic E-state index is 0.337. The van der Waals surface area contributed by atoms with Crippen molar-refractivity contribution in [1.82, 2.24) is 0 Å². The summed E-state index contributed by atoms with van der Waals surface area (Å²) in [6.45, 7) is 5.25. The van der Waals surface area contributed by atoms with Crippen molar-refractivity contribution in [2.45, 2.75) is 76.7 Å². The van der Waals surface area contributed by atoms with Crippen molar-refractivity contribution in [1.29, 1.82) is 0 Å². The van der Waals surface area contributed by atoms with Crippen LogP contribution < -0.4 is 40.0 Å². The molecule has 0 aliphatic heterocycles. The smallest absolute Gasteiger partial charge is 0.336 e. The summed E-state index contributed by atoms with van der Waals surface area (Å²) in [6, 6.07) is 2.74. The number of nitrogens with two attached hydrogens (primary N) is 6. The number of fused-ring (bicyclic) bond motifs is 1. The number of rotatable bonds is 12. The maximum absolute atomic E-state index is 11.4. The Kier molecular flexibility index (Phi) is 20.8. The molecule has 18 nitrogen and oxygen atoms in total. The molecule has 0 amide bonds. The van der Waals surface area contributed by atoms with Crippen molar-refractivity contribution in [3.8, 4) is 0 Å². The lowest BCUT2D eigenvalue weighted by Crippen LogP contribution is -2.45. The number of unbranched alkanes of at least 4 members (excludes halogenated alkanes) is 1. The maximum Gasteiger partial charge on any atom is 0.336 e. The predicted octanol–water partition coefficient (Wildman–Crippen LogP) is -1.24. The summed E-state index contributed by atoms with van der Waals surface area (Å²) >= 11 is 0. The van der Waals surface area contributed by atoms with E-state index < -0.39 is 66.5 Å². The highest BCUT2D eigenvalue weighted by Crippen LogP contribution is 2.18. The molecule has 1 heterocycles. The third-order valence-corrected chi connectivity index (χ3v) is 5.44. The zero-order valence-corrected chi connectivity index (χ0v) is 25.3. The Bertz CT molecular complexity index is 1320. The molecule has 0 aliphatic rings. The van der Waals surface area contributed by atoms with E-state index in [-0.39, 0.29) is 5.63 Å². The van der Waals surface area contributed by atoms with E-state index in [2.05, 4.69) is 0 Å². The molecule has 5 atom stereocenters. The molecule has 0 bridgehead atoms. The van der Waals surface area contributed by atoms with Crippen LogP contribution >= 0.6 is 0 Å². The van der Waals surface area contributed by atoms with Crippen molar-refractivity contribution in [3.63, 3.8) is 0 Å². The molecule has 1 aromatic heterocycles. The molecular weight excluding hydrogens is 600 g/mol. The number of anilines is 1. The first-order valence-corrected chi connectivity index (χ1v) is 13.4. The van der Waals surface area contributed by atoms with Crippen LogP contribution in [0.2, 0.25) is 0 Å². The molecule has 2 aromatic rings. The second-order valence-corrected chi connectivity index (χ2v) is 9.57. The van der Waals surface area contributed by atoms with E-state index >= 15 is 0 Å². The number of carbonyl (C=O) groups is 5. The minimum Gasteiger partial charge on any atom is -0.481 e. The van der Waals surface area contributed by atoms with Crippen LogP contribution in [0.3, 0.4) is 0 Å². The van der Waals surface area contributed by atoms with Gasteiger partial charge in [-0.25, -0.2) is 4.79 Å². The fourth-order valence-corrected chi connectivity index (χ4v) is 2.79.